The quantitative estimate of drug-likeness (QED) is 0.350. The van der Waals surface area contributed by atoms with E-state index in [0.717, 1.165) is 21.2 Å². The normalized spacial score (nSPS) is 11.2. The molecule has 7 nitrogen and oxygen atoms in total. The van der Waals surface area contributed by atoms with Crippen LogP contribution in [0.2, 0.25) is 0 Å². The fourth-order valence-corrected chi connectivity index (χ4v) is 5.14. The van der Waals surface area contributed by atoms with E-state index in [4.69, 9.17) is 9.47 Å². The lowest BCUT2D eigenvalue weighted by Crippen LogP contribution is -2.42. The van der Waals surface area contributed by atoms with Gasteiger partial charge in [0.1, 0.15) is 24.7 Å². The third-order valence-corrected chi connectivity index (χ3v) is 7.33. The van der Waals surface area contributed by atoms with Crippen molar-refractivity contribution in [2.45, 2.75) is 38.5 Å². The van der Waals surface area contributed by atoms with Crippen LogP contribution in [-0.4, -0.2) is 40.6 Å². The number of hydrogen-bond acceptors (Lipinski definition) is 5. The van der Waals surface area contributed by atoms with Crippen LogP contribution in [0.5, 0.6) is 11.5 Å². The Bertz CT molecular complexity index is 1260. The summed E-state index contributed by atoms with van der Waals surface area (Å²) < 4.78 is 39.9. The Balaban J connectivity index is 1.76. The van der Waals surface area contributed by atoms with Crippen LogP contribution in [0.4, 0.5) is 5.69 Å². The first kappa shape index (κ1) is 27.1. The number of para-hydroxylation sites is 3. The number of rotatable bonds is 12. The molecule has 0 heterocycles. The van der Waals surface area contributed by atoms with Gasteiger partial charge in [-0.1, -0.05) is 61.9 Å². The van der Waals surface area contributed by atoms with E-state index in [1.54, 1.807) is 48.5 Å². The largest absolute Gasteiger partial charge is 0.492 e. The number of benzene rings is 3. The zero-order valence-electron chi connectivity index (χ0n) is 21.2. The summed E-state index contributed by atoms with van der Waals surface area (Å²) in [6.45, 7) is 8.33. The van der Waals surface area contributed by atoms with E-state index >= 15 is 0 Å². The molecule has 1 N–H and O–H groups in total. The Morgan fingerprint density at radius 1 is 0.917 bits per heavy atom. The van der Waals surface area contributed by atoms with Crippen LogP contribution >= 0.6 is 0 Å². The first-order valence-electron chi connectivity index (χ1n) is 12.0. The molecule has 0 unspecified atom stereocenters. The molecule has 0 aromatic heterocycles. The van der Waals surface area contributed by atoms with Gasteiger partial charge in [-0.2, -0.15) is 0 Å². The second-order valence-electron chi connectivity index (χ2n) is 8.62. The summed E-state index contributed by atoms with van der Waals surface area (Å²) in [4.78, 5) is 13.0. The molecular formula is C28H34N2O5S. The van der Waals surface area contributed by atoms with E-state index in [0.29, 0.717) is 24.0 Å². The molecule has 0 saturated heterocycles. The van der Waals surface area contributed by atoms with Crippen LogP contribution in [-0.2, 0) is 14.8 Å². The van der Waals surface area contributed by atoms with Gasteiger partial charge < -0.3 is 14.8 Å². The summed E-state index contributed by atoms with van der Waals surface area (Å²) in [5.74, 6) is 1.02. The highest BCUT2D eigenvalue weighted by Gasteiger charge is 2.29. The van der Waals surface area contributed by atoms with Crippen molar-refractivity contribution in [3.63, 3.8) is 0 Å². The molecule has 3 rings (SSSR count). The van der Waals surface area contributed by atoms with Crippen molar-refractivity contribution < 1.29 is 22.7 Å². The summed E-state index contributed by atoms with van der Waals surface area (Å²) in [6.07, 6.45) is 0. The van der Waals surface area contributed by atoms with Crippen molar-refractivity contribution in [2.75, 3.05) is 30.6 Å². The van der Waals surface area contributed by atoms with Gasteiger partial charge in [0.05, 0.1) is 23.7 Å². The van der Waals surface area contributed by atoms with E-state index in [1.807, 2.05) is 38.1 Å². The molecule has 0 aliphatic rings. The molecule has 1 amide bonds. The number of carbonyl (C=O) groups excluding carboxylic acids is 1. The number of sulfonamides is 1. The molecule has 36 heavy (non-hydrogen) atoms. The molecule has 0 aliphatic heterocycles. The van der Waals surface area contributed by atoms with Gasteiger partial charge >= 0.3 is 0 Å². The van der Waals surface area contributed by atoms with Crippen LogP contribution < -0.4 is 19.1 Å². The molecule has 0 fully saturated rings. The Kier molecular flexibility index (Phi) is 9.36. The highest BCUT2D eigenvalue weighted by Crippen LogP contribution is 2.32. The first-order chi connectivity index (χ1) is 17.2. The van der Waals surface area contributed by atoms with Gasteiger partial charge in [0.2, 0.25) is 5.91 Å². The van der Waals surface area contributed by atoms with Gasteiger partial charge in [0, 0.05) is 0 Å². The molecule has 8 heteroatoms. The maximum Gasteiger partial charge on any atom is 0.264 e. The molecule has 0 saturated carbocycles. The number of anilines is 1. The van der Waals surface area contributed by atoms with Crippen molar-refractivity contribution in [3.05, 3.63) is 83.9 Å². The Labute approximate surface area is 214 Å². The molecule has 0 radical (unpaired) electrons. The van der Waals surface area contributed by atoms with E-state index in [1.165, 1.54) is 0 Å². The van der Waals surface area contributed by atoms with E-state index in [9.17, 15) is 13.2 Å². The molecular weight excluding hydrogens is 476 g/mol. The number of hydrogen-bond donors (Lipinski definition) is 1. The summed E-state index contributed by atoms with van der Waals surface area (Å²) >= 11 is 0. The highest BCUT2D eigenvalue weighted by atomic mass is 32.2. The van der Waals surface area contributed by atoms with Crippen LogP contribution in [0.15, 0.2) is 77.7 Å². The van der Waals surface area contributed by atoms with E-state index in [2.05, 4.69) is 19.2 Å². The van der Waals surface area contributed by atoms with Crippen molar-refractivity contribution in [1.29, 1.82) is 0 Å². The van der Waals surface area contributed by atoms with Gasteiger partial charge in [0.15, 0.2) is 0 Å². The minimum Gasteiger partial charge on any atom is -0.492 e. The van der Waals surface area contributed by atoms with E-state index in [-0.39, 0.29) is 18.0 Å². The fraction of sp³-hybridized carbons (Fsp3) is 0.321. The lowest BCUT2D eigenvalue weighted by atomic mass is 10.0. The van der Waals surface area contributed by atoms with Crippen molar-refractivity contribution in [2.24, 2.45) is 0 Å². The number of ether oxygens (including phenoxy) is 2. The second kappa shape index (κ2) is 12.4. The monoisotopic (exact) mass is 510 g/mol. The van der Waals surface area contributed by atoms with Crippen LogP contribution in [0, 0.1) is 6.92 Å². The topological polar surface area (TPSA) is 84.9 Å². The fourth-order valence-electron chi connectivity index (χ4n) is 3.70. The van der Waals surface area contributed by atoms with Crippen molar-refractivity contribution in [3.8, 4) is 11.5 Å². The van der Waals surface area contributed by atoms with Crippen molar-refractivity contribution >= 4 is 21.6 Å². The van der Waals surface area contributed by atoms with Gasteiger partial charge in [-0.05, 0) is 55.7 Å². The Hall–Kier alpha value is -3.52. The molecule has 3 aromatic carbocycles. The van der Waals surface area contributed by atoms with Crippen molar-refractivity contribution in [1.82, 2.24) is 5.32 Å². The standard InChI is InChI=1S/C28H34N2O5S/c1-5-34-27-13-9-7-11-25(27)30(36(32,33)23-16-14-22(4)15-17-23)20-28(31)29-18-19-35-26-12-8-6-10-24(26)21(2)3/h6-17,21H,5,18-20H2,1-4H3,(H,29,31). The van der Waals surface area contributed by atoms with Crippen LogP contribution in [0.3, 0.4) is 0 Å². The summed E-state index contributed by atoms with van der Waals surface area (Å²) in [6, 6.07) is 21.1. The minimum absolute atomic E-state index is 0.0980. The van der Waals surface area contributed by atoms with Crippen LogP contribution in [0.25, 0.3) is 0 Å². The molecule has 0 atom stereocenters. The molecule has 0 spiro atoms. The number of amides is 1. The maximum atomic E-state index is 13.6. The van der Waals surface area contributed by atoms with Gasteiger partial charge in [-0.15, -0.1) is 0 Å². The smallest absolute Gasteiger partial charge is 0.264 e. The van der Waals surface area contributed by atoms with Gasteiger partial charge in [-0.3, -0.25) is 9.10 Å². The van der Waals surface area contributed by atoms with Gasteiger partial charge in [0.25, 0.3) is 10.0 Å². The third-order valence-electron chi connectivity index (χ3n) is 5.55. The first-order valence-corrected chi connectivity index (χ1v) is 13.5. The zero-order valence-corrected chi connectivity index (χ0v) is 22.0. The second-order valence-corrected chi connectivity index (χ2v) is 10.5. The third kappa shape index (κ3) is 6.79. The maximum absolute atomic E-state index is 13.6. The predicted molar refractivity (Wildman–Crippen MR) is 142 cm³/mol. The Morgan fingerprint density at radius 3 is 2.22 bits per heavy atom. The summed E-state index contributed by atoms with van der Waals surface area (Å²) in [7, 11) is -4.03. The average molecular weight is 511 g/mol. The average Bonchev–Trinajstić information content (AvgIpc) is 2.86. The van der Waals surface area contributed by atoms with Gasteiger partial charge in [-0.25, -0.2) is 8.42 Å². The number of nitrogens with one attached hydrogen (secondary N) is 1. The van der Waals surface area contributed by atoms with Crippen LogP contribution in [0.1, 0.15) is 37.8 Å². The SMILES string of the molecule is CCOc1ccccc1N(CC(=O)NCCOc1ccccc1C(C)C)S(=O)(=O)c1ccc(C)cc1. The lowest BCUT2D eigenvalue weighted by Gasteiger charge is -2.26. The molecule has 192 valence electrons. The number of aryl methyl sites for hydroxylation is 1. The zero-order chi connectivity index (χ0) is 26.1. The predicted octanol–water partition coefficient (Wildman–Crippen LogP) is 4.91. The molecule has 0 bridgehead atoms. The minimum atomic E-state index is -4.03. The summed E-state index contributed by atoms with van der Waals surface area (Å²) in [5, 5.41) is 2.78. The van der Waals surface area contributed by atoms with E-state index < -0.39 is 22.5 Å². The summed E-state index contributed by atoms with van der Waals surface area (Å²) in [5.41, 5.74) is 2.33. The Morgan fingerprint density at radius 2 is 1.56 bits per heavy atom. The molecule has 3 aromatic rings. The number of nitrogens with zero attached hydrogens (tertiary/aromatic N) is 1. The molecule has 0 aliphatic carbocycles. The lowest BCUT2D eigenvalue weighted by molar-refractivity contribution is -0.119. The highest BCUT2D eigenvalue weighted by molar-refractivity contribution is 7.92. The number of carbonyl (C=O) groups is 1.